The van der Waals surface area contributed by atoms with Crippen molar-refractivity contribution in [2.24, 2.45) is 0 Å². The van der Waals surface area contributed by atoms with E-state index in [2.05, 4.69) is 49.7 Å². The zero-order valence-corrected chi connectivity index (χ0v) is 11.1. The van der Waals surface area contributed by atoms with Crippen LogP contribution in [0.1, 0.15) is 12.1 Å². The lowest BCUT2D eigenvalue weighted by Crippen LogP contribution is -2.25. The van der Waals surface area contributed by atoms with E-state index in [4.69, 9.17) is 0 Å². The molecule has 0 amide bonds. The van der Waals surface area contributed by atoms with Crippen LogP contribution in [0.3, 0.4) is 0 Å². The van der Waals surface area contributed by atoms with Crippen LogP contribution in [0.15, 0.2) is 22.8 Å². The van der Waals surface area contributed by atoms with Crippen molar-refractivity contribution in [2.75, 3.05) is 24.6 Å². The van der Waals surface area contributed by atoms with Crippen molar-refractivity contribution in [3.05, 3.63) is 28.5 Å². The molecule has 1 aliphatic rings. The minimum atomic E-state index is 0.994. The second-order valence-corrected chi connectivity index (χ2v) is 5.85. The van der Waals surface area contributed by atoms with Gasteiger partial charge >= 0.3 is 0 Å². The van der Waals surface area contributed by atoms with Gasteiger partial charge in [-0.15, -0.1) is 0 Å². The van der Waals surface area contributed by atoms with Crippen LogP contribution in [0, 0.1) is 0 Å². The second-order valence-electron chi connectivity index (χ2n) is 3.71. The van der Waals surface area contributed by atoms with Gasteiger partial charge in [0.15, 0.2) is 0 Å². The molecule has 82 valence electrons. The summed E-state index contributed by atoms with van der Waals surface area (Å²) in [5, 5.41) is 0. The van der Waals surface area contributed by atoms with Gasteiger partial charge in [0.25, 0.3) is 0 Å². The zero-order valence-electron chi connectivity index (χ0n) is 8.66. The number of halogens is 1. The van der Waals surface area contributed by atoms with Crippen molar-refractivity contribution < 1.29 is 0 Å². The van der Waals surface area contributed by atoms with Crippen molar-refractivity contribution in [3.8, 4) is 0 Å². The second kappa shape index (κ2) is 5.87. The van der Waals surface area contributed by atoms with Crippen LogP contribution in [-0.2, 0) is 6.54 Å². The minimum Gasteiger partial charge on any atom is -0.297 e. The van der Waals surface area contributed by atoms with E-state index in [9.17, 15) is 0 Å². The van der Waals surface area contributed by atoms with Gasteiger partial charge in [-0.05, 0) is 46.8 Å². The summed E-state index contributed by atoms with van der Waals surface area (Å²) < 4.78 is 1.05. The fraction of sp³-hybridized carbons (Fsp3) is 0.545. The molecule has 0 unspecified atom stereocenters. The average molecular weight is 287 g/mol. The maximum Gasteiger partial charge on any atom is 0.0544 e. The lowest BCUT2D eigenvalue weighted by Gasteiger charge is -2.18. The molecule has 1 aliphatic heterocycles. The van der Waals surface area contributed by atoms with Crippen molar-refractivity contribution >= 4 is 27.7 Å². The van der Waals surface area contributed by atoms with Crippen LogP contribution in [0.5, 0.6) is 0 Å². The van der Waals surface area contributed by atoms with E-state index < -0.39 is 0 Å². The SMILES string of the molecule is Brc1ccc(CN2CCCSCC2)nc1. The highest BCUT2D eigenvalue weighted by molar-refractivity contribution is 9.10. The van der Waals surface area contributed by atoms with Crippen molar-refractivity contribution in [2.45, 2.75) is 13.0 Å². The van der Waals surface area contributed by atoms with Crippen LogP contribution in [0.25, 0.3) is 0 Å². The van der Waals surface area contributed by atoms with Gasteiger partial charge in [-0.2, -0.15) is 11.8 Å². The molecule has 0 aromatic carbocycles. The van der Waals surface area contributed by atoms with Crippen LogP contribution >= 0.6 is 27.7 Å². The number of nitrogens with zero attached hydrogens (tertiary/aromatic N) is 2. The first-order valence-corrected chi connectivity index (χ1v) is 7.20. The predicted molar refractivity (Wildman–Crippen MR) is 69.2 cm³/mol. The highest BCUT2D eigenvalue weighted by Gasteiger charge is 2.09. The number of rotatable bonds is 2. The molecule has 0 bridgehead atoms. The van der Waals surface area contributed by atoms with E-state index >= 15 is 0 Å². The Hall–Kier alpha value is -0.0600. The molecule has 0 spiro atoms. The van der Waals surface area contributed by atoms with Gasteiger partial charge in [0.05, 0.1) is 5.69 Å². The quantitative estimate of drug-likeness (QED) is 0.832. The molecule has 1 aromatic rings. The molecule has 2 rings (SSSR count). The predicted octanol–water partition coefficient (Wildman–Crippen LogP) is 2.78. The third-order valence-corrected chi connectivity index (χ3v) is 4.01. The fourth-order valence-corrected chi connectivity index (χ4v) is 2.84. The average Bonchev–Trinajstić information content (AvgIpc) is 2.50. The third kappa shape index (κ3) is 3.78. The topological polar surface area (TPSA) is 16.1 Å². The van der Waals surface area contributed by atoms with E-state index in [0.29, 0.717) is 0 Å². The molecule has 2 nitrogen and oxygen atoms in total. The third-order valence-electron chi connectivity index (χ3n) is 2.49. The summed E-state index contributed by atoms with van der Waals surface area (Å²) in [4.78, 5) is 6.90. The first kappa shape index (κ1) is 11.4. The van der Waals surface area contributed by atoms with E-state index in [1.54, 1.807) is 0 Å². The van der Waals surface area contributed by atoms with Gasteiger partial charge < -0.3 is 0 Å². The molecule has 2 heterocycles. The van der Waals surface area contributed by atoms with Crippen molar-refractivity contribution in [1.82, 2.24) is 9.88 Å². The largest absolute Gasteiger partial charge is 0.297 e. The van der Waals surface area contributed by atoms with Gasteiger partial charge in [-0.25, -0.2) is 0 Å². The zero-order chi connectivity index (χ0) is 10.5. The Labute approximate surface area is 104 Å². The van der Waals surface area contributed by atoms with E-state index in [1.807, 2.05) is 6.20 Å². The summed E-state index contributed by atoms with van der Waals surface area (Å²) in [6.45, 7) is 3.40. The first-order valence-electron chi connectivity index (χ1n) is 5.25. The van der Waals surface area contributed by atoms with Crippen molar-refractivity contribution in [1.29, 1.82) is 0 Å². The molecule has 0 N–H and O–H groups in total. The van der Waals surface area contributed by atoms with E-state index in [0.717, 1.165) is 11.0 Å². The molecular formula is C11H15BrN2S. The van der Waals surface area contributed by atoms with Crippen molar-refractivity contribution in [3.63, 3.8) is 0 Å². The number of hydrogen-bond acceptors (Lipinski definition) is 3. The fourth-order valence-electron chi connectivity index (χ4n) is 1.68. The van der Waals surface area contributed by atoms with Crippen LogP contribution < -0.4 is 0 Å². The summed E-state index contributed by atoms with van der Waals surface area (Å²) in [5.41, 5.74) is 1.17. The number of pyridine rings is 1. The Kier molecular flexibility index (Phi) is 4.47. The molecule has 1 saturated heterocycles. The highest BCUT2D eigenvalue weighted by atomic mass is 79.9. The lowest BCUT2D eigenvalue weighted by atomic mass is 10.3. The summed E-state index contributed by atoms with van der Waals surface area (Å²) in [5.74, 6) is 2.57. The standard InChI is InChI=1S/C11H15BrN2S/c12-10-2-3-11(13-8-10)9-14-4-1-6-15-7-5-14/h2-3,8H,1,4-7,9H2. The van der Waals surface area contributed by atoms with Gasteiger partial charge in [-0.1, -0.05) is 0 Å². The normalized spacial score (nSPS) is 18.7. The first-order chi connectivity index (χ1) is 7.34. The van der Waals surface area contributed by atoms with Gasteiger partial charge in [0.2, 0.25) is 0 Å². The molecular weight excluding hydrogens is 272 g/mol. The Morgan fingerprint density at radius 2 is 2.27 bits per heavy atom. The summed E-state index contributed by atoms with van der Waals surface area (Å²) >= 11 is 5.47. The molecule has 0 saturated carbocycles. The smallest absolute Gasteiger partial charge is 0.0544 e. The number of thioether (sulfide) groups is 1. The molecule has 1 aromatic heterocycles. The Balaban J connectivity index is 1.92. The maximum atomic E-state index is 4.41. The maximum absolute atomic E-state index is 4.41. The Bertz CT molecular complexity index is 294. The molecule has 15 heavy (non-hydrogen) atoms. The molecule has 0 atom stereocenters. The van der Waals surface area contributed by atoms with Crippen LogP contribution in [-0.4, -0.2) is 34.5 Å². The molecule has 4 heteroatoms. The summed E-state index contributed by atoms with van der Waals surface area (Å²) in [6, 6.07) is 4.16. The molecule has 1 fully saturated rings. The molecule has 0 aliphatic carbocycles. The van der Waals surface area contributed by atoms with Crippen LogP contribution in [0.4, 0.5) is 0 Å². The van der Waals surface area contributed by atoms with Gasteiger partial charge in [0.1, 0.15) is 0 Å². The van der Waals surface area contributed by atoms with Gasteiger partial charge in [-0.3, -0.25) is 9.88 Å². The Morgan fingerprint density at radius 1 is 1.33 bits per heavy atom. The minimum absolute atomic E-state index is 0.994. The van der Waals surface area contributed by atoms with Gasteiger partial charge in [0, 0.05) is 29.5 Å². The number of aromatic nitrogens is 1. The van der Waals surface area contributed by atoms with E-state index in [-0.39, 0.29) is 0 Å². The Morgan fingerprint density at radius 3 is 3.07 bits per heavy atom. The lowest BCUT2D eigenvalue weighted by molar-refractivity contribution is 0.284. The molecule has 0 radical (unpaired) electrons. The van der Waals surface area contributed by atoms with E-state index in [1.165, 1.54) is 36.7 Å². The highest BCUT2D eigenvalue weighted by Crippen LogP contribution is 2.13. The monoisotopic (exact) mass is 286 g/mol. The summed E-state index contributed by atoms with van der Waals surface area (Å²) in [7, 11) is 0. The van der Waals surface area contributed by atoms with Crippen LogP contribution in [0.2, 0.25) is 0 Å². The number of hydrogen-bond donors (Lipinski definition) is 0. The summed E-state index contributed by atoms with van der Waals surface area (Å²) in [6.07, 6.45) is 3.18.